The van der Waals surface area contributed by atoms with Crippen LogP contribution in [0, 0.1) is 0 Å². The first-order valence-corrected chi connectivity index (χ1v) is 22.3. The minimum atomic E-state index is 0.593. The van der Waals surface area contributed by atoms with Crippen LogP contribution in [-0.2, 0) is 0 Å². The summed E-state index contributed by atoms with van der Waals surface area (Å²) in [6.07, 6.45) is 16.2. The number of hydrogen-bond donors (Lipinski definition) is 0. The van der Waals surface area contributed by atoms with Crippen LogP contribution >= 0.6 is 11.3 Å². The maximum Gasteiger partial charge on any atom is 0.164 e. The van der Waals surface area contributed by atoms with Crippen LogP contribution in [0.4, 0.5) is 0 Å². The molecule has 0 spiro atoms. The Bertz CT molecular complexity index is 3270. The number of hydrogen-bond acceptors (Lipinski definition) is 5. The molecule has 312 valence electrons. The Labute approximate surface area is 374 Å². The summed E-state index contributed by atoms with van der Waals surface area (Å²) in [7, 11) is 0. The summed E-state index contributed by atoms with van der Waals surface area (Å²) in [5.74, 6) is 1.82. The van der Waals surface area contributed by atoms with Gasteiger partial charge in [0.05, 0.1) is 16.4 Å². The SMILES string of the molecule is C=C/C=C(\C=C/C)c1nc(-c2ccccc2)nc(-c2ccc(-n3c4ccccc4c4c5sc6ccccc6c5c5oc6ccccc6c5c43)cc2)n1.C=C/C=C\C.C=CCC.CC. The molecule has 0 saturated carbocycles. The van der Waals surface area contributed by atoms with E-state index in [0.717, 1.165) is 61.8 Å². The van der Waals surface area contributed by atoms with Gasteiger partial charge in [-0.2, -0.15) is 0 Å². The second-order valence-corrected chi connectivity index (χ2v) is 15.3. The molecule has 0 amide bonds. The molecule has 0 aliphatic carbocycles. The molecule has 0 aliphatic heterocycles. The van der Waals surface area contributed by atoms with E-state index in [4.69, 9.17) is 19.4 Å². The molecule has 0 unspecified atom stereocenters. The van der Waals surface area contributed by atoms with Crippen molar-refractivity contribution in [1.82, 2.24) is 19.5 Å². The molecule has 10 aromatic rings. The Morgan fingerprint density at radius 2 is 1.27 bits per heavy atom. The van der Waals surface area contributed by atoms with E-state index in [1.165, 1.54) is 30.9 Å². The molecule has 10 rings (SSSR count). The summed E-state index contributed by atoms with van der Waals surface area (Å²) in [6.45, 7) is 20.9. The molecule has 6 heteroatoms. The molecule has 0 N–H and O–H groups in total. The quantitative estimate of drug-likeness (QED) is 0.113. The number of benzene rings is 6. The minimum absolute atomic E-state index is 0.593. The largest absolute Gasteiger partial charge is 0.455 e. The van der Waals surface area contributed by atoms with Crippen molar-refractivity contribution < 1.29 is 4.42 Å². The highest BCUT2D eigenvalue weighted by molar-refractivity contribution is 7.27. The van der Waals surface area contributed by atoms with Crippen LogP contribution in [-0.4, -0.2) is 19.5 Å². The summed E-state index contributed by atoms with van der Waals surface area (Å²) in [4.78, 5) is 14.8. The van der Waals surface area contributed by atoms with E-state index in [-0.39, 0.29) is 0 Å². The molecule has 0 fully saturated rings. The molecule has 4 aromatic heterocycles. The van der Waals surface area contributed by atoms with Gasteiger partial charge in [-0.1, -0.05) is 167 Å². The average Bonchev–Trinajstić information content (AvgIpc) is 4.03. The van der Waals surface area contributed by atoms with E-state index >= 15 is 0 Å². The maximum absolute atomic E-state index is 6.77. The molecule has 5 nitrogen and oxygen atoms in total. The Morgan fingerprint density at radius 1 is 0.651 bits per heavy atom. The average molecular weight is 841 g/mol. The monoisotopic (exact) mass is 840 g/mol. The molecule has 0 aliphatic rings. The van der Waals surface area contributed by atoms with E-state index in [2.05, 4.69) is 122 Å². The third kappa shape index (κ3) is 8.59. The van der Waals surface area contributed by atoms with E-state index in [1.807, 2.05) is 112 Å². The number of aromatic nitrogens is 4. The van der Waals surface area contributed by atoms with Crippen LogP contribution in [0.5, 0.6) is 0 Å². The summed E-state index contributed by atoms with van der Waals surface area (Å²) < 4.78 is 11.7. The fraction of sp³-hybridized carbons (Fsp3) is 0.105. The maximum atomic E-state index is 6.77. The molecule has 0 atom stereocenters. The summed E-state index contributed by atoms with van der Waals surface area (Å²) >= 11 is 1.84. The van der Waals surface area contributed by atoms with Crippen LogP contribution in [0.3, 0.4) is 0 Å². The molecule has 4 heterocycles. The molecule has 0 radical (unpaired) electrons. The lowest BCUT2D eigenvalue weighted by Crippen LogP contribution is -2.02. The summed E-state index contributed by atoms with van der Waals surface area (Å²) in [6, 6.07) is 44.4. The van der Waals surface area contributed by atoms with Crippen LogP contribution in [0.1, 0.15) is 46.9 Å². The lowest BCUT2D eigenvalue weighted by atomic mass is 10.0. The number of para-hydroxylation sites is 2. The third-order valence-electron chi connectivity index (χ3n) is 10.3. The number of allylic oxidation sites excluding steroid dienone is 9. The van der Waals surface area contributed by atoms with Crippen LogP contribution in [0.25, 0.3) is 98.0 Å². The van der Waals surface area contributed by atoms with E-state index < -0.39 is 0 Å². The van der Waals surface area contributed by atoms with Crippen molar-refractivity contribution in [2.45, 2.75) is 41.0 Å². The van der Waals surface area contributed by atoms with Crippen molar-refractivity contribution in [3.05, 3.63) is 202 Å². The topological polar surface area (TPSA) is 56.7 Å². The number of thiophene rings is 1. The number of rotatable bonds is 8. The van der Waals surface area contributed by atoms with Crippen LogP contribution in [0.15, 0.2) is 200 Å². The normalized spacial score (nSPS) is 11.5. The van der Waals surface area contributed by atoms with Gasteiger partial charge in [0.15, 0.2) is 17.5 Å². The fourth-order valence-electron chi connectivity index (χ4n) is 7.64. The van der Waals surface area contributed by atoms with E-state index in [1.54, 1.807) is 12.2 Å². The fourth-order valence-corrected chi connectivity index (χ4v) is 8.90. The predicted octanol–water partition coefficient (Wildman–Crippen LogP) is 17.1. The van der Waals surface area contributed by atoms with Gasteiger partial charge in [-0.3, -0.25) is 0 Å². The molecule has 0 saturated heterocycles. The highest BCUT2D eigenvalue weighted by Crippen LogP contribution is 2.50. The van der Waals surface area contributed by atoms with Gasteiger partial charge in [0.1, 0.15) is 11.2 Å². The van der Waals surface area contributed by atoms with Crippen molar-refractivity contribution in [3.8, 4) is 28.5 Å². The second-order valence-electron chi connectivity index (χ2n) is 14.2. The number of fused-ring (bicyclic) bond motifs is 12. The van der Waals surface area contributed by atoms with Crippen molar-refractivity contribution in [2.24, 2.45) is 0 Å². The van der Waals surface area contributed by atoms with E-state index in [0.29, 0.717) is 17.5 Å². The first-order chi connectivity index (χ1) is 31.0. The summed E-state index contributed by atoms with van der Waals surface area (Å²) in [5.41, 5.74) is 7.83. The predicted molar refractivity (Wildman–Crippen MR) is 275 cm³/mol. The highest BCUT2D eigenvalue weighted by atomic mass is 32.1. The summed E-state index contributed by atoms with van der Waals surface area (Å²) in [5, 5.41) is 7.10. The lowest BCUT2D eigenvalue weighted by Gasteiger charge is -2.11. The number of nitrogens with zero attached hydrogens (tertiary/aromatic N) is 4. The minimum Gasteiger partial charge on any atom is -0.455 e. The van der Waals surface area contributed by atoms with Gasteiger partial charge in [-0.15, -0.1) is 17.9 Å². The molecule has 63 heavy (non-hydrogen) atoms. The van der Waals surface area contributed by atoms with Crippen LogP contribution < -0.4 is 0 Å². The standard InChI is InChI=1S/C46H30N4OS.C5H8.C4H8.C2H6/c1-3-14-28(15-4-2)44-47-45(29-16-6-5-7-17-29)49-46(48-44)30-24-26-31(27-25-30)50-35-21-11-8-18-32(35)39-41(50)38-33-19-9-12-22-36(33)51-42(38)40-34-20-10-13-23-37(34)52-43(39)40;1-3-5-4-2;1-3-4-2;1-2/h3-27H,1H2,2H3;3-5H,1H2,2H3;3H,1,4H2,2H3;1-2H3/b15-4-,28-14+;5-4-;;. The van der Waals surface area contributed by atoms with Gasteiger partial charge in [-0.05, 0) is 62.7 Å². The molecule has 6 aromatic carbocycles. The van der Waals surface area contributed by atoms with Gasteiger partial charge in [0, 0.05) is 58.7 Å². The van der Waals surface area contributed by atoms with Gasteiger partial charge < -0.3 is 8.98 Å². The van der Waals surface area contributed by atoms with Gasteiger partial charge in [0.25, 0.3) is 0 Å². The van der Waals surface area contributed by atoms with E-state index in [9.17, 15) is 0 Å². The number of furan rings is 1. The Morgan fingerprint density at radius 3 is 1.90 bits per heavy atom. The molecular weight excluding hydrogens is 789 g/mol. The Balaban J connectivity index is 0.000000490. The van der Waals surface area contributed by atoms with Gasteiger partial charge in [0.2, 0.25) is 0 Å². The van der Waals surface area contributed by atoms with Crippen molar-refractivity contribution in [2.75, 3.05) is 0 Å². The van der Waals surface area contributed by atoms with Crippen molar-refractivity contribution in [3.63, 3.8) is 0 Å². The van der Waals surface area contributed by atoms with Crippen LogP contribution in [0.2, 0.25) is 0 Å². The lowest BCUT2D eigenvalue weighted by molar-refractivity contribution is 0.673. The first-order valence-electron chi connectivity index (χ1n) is 21.4. The van der Waals surface area contributed by atoms with Gasteiger partial charge in [-0.25, -0.2) is 15.0 Å². The zero-order valence-corrected chi connectivity index (χ0v) is 37.5. The Kier molecular flexibility index (Phi) is 14.2. The zero-order valence-electron chi connectivity index (χ0n) is 36.7. The highest BCUT2D eigenvalue weighted by Gasteiger charge is 2.25. The van der Waals surface area contributed by atoms with Crippen molar-refractivity contribution >= 4 is 80.8 Å². The first kappa shape index (κ1) is 43.7. The third-order valence-corrected chi connectivity index (χ3v) is 11.5. The molecular formula is C57H52N4OS. The second kappa shape index (κ2) is 20.4. The van der Waals surface area contributed by atoms with Gasteiger partial charge >= 0.3 is 0 Å². The van der Waals surface area contributed by atoms with Crippen molar-refractivity contribution in [1.29, 1.82) is 0 Å². The zero-order chi connectivity index (χ0) is 44.3. The Hall–Kier alpha value is -7.41. The smallest absolute Gasteiger partial charge is 0.164 e. The molecule has 0 bridgehead atoms.